The van der Waals surface area contributed by atoms with Crippen LogP contribution in [0, 0.1) is 11.8 Å². The molecule has 6 atom stereocenters. The Bertz CT molecular complexity index is 1190. The van der Waals surface area contributed by atoms with Crippen molar-refractivity contribution in [1.29, 1.82) is 0 Å². The molecule has 3 saturated heterocycles. The molecule has 4 rings (SSSR count). The molecular weight excluding hydrogens is 562 g/mol. The average molecular weight is 610 g/mol. The van der Waals surface area contributed by atoms with E-state index < -0.39 is 41.7 Å². The minimum Gasteiger partial charge on any atom is -0.455 e. The maximum absolute atomic E-state index is 14.2. The number of carbonyl (C=O) groups is 4. The summed E-state index contributed by atoms with van der Waals surface area (Å²) in [4.78, 5) is 58.1. The molecule has 0 aromatic heterocycles. The lowest BCUT2D eigenvalue weighted by atomic mass is 9.70. The first-order chi connectivity index (χ1) is 21.3. The molecule has 10 heteroatoms. The molecule has 2 bridgehead atoms. The van der Waals surface area contributed by atoms with Crippen molar-refractivity contribution in [1.82, 2.24) is 15.1 Å². The highest BCUT2D eigenvalue weighted by molar-refractivity contribution is 5.98. The maximum atomic E-state index is 14.2. The highest BCUT2D eigenvalue weighted by Gasteiger charge is 2.75. The van der Waals surface area contributed by atoms with E-state index in [1.807, 2.05) is 30.3 Å². The minimum atomic E-state index is -1.13. The van der Waals surface area contributed by atoms with Gasteiger partial charge in [0.1, 0.15) is 17.7 Å². The van der Waals surface area contributed by atoms with Crippen molar-refractivity contribution >= 4 is 23.7 Å². The van der Waals surface area contributed by atoms with Crippen LogP contribution >= 0.6 is 0 Å². The summed E-state index contributed by atoms with van der Waals surface area (Å²) < 4.78 is 12.6. The molecule has 240 valence electrons. The predicted octanol–water partition coefficient (Wildman–Crippen LogP) is 3.32. The molecule has 2 N–H and O–H groups in total. The van der Waals surface area contributed by atoms with Crippen molar-refractivity contribution in [3.05, 3.63) is 61.2 Å². The molecule has 1 aromatic carbocycles. The second kappa shape index (κ2) is 15.5. The molecule has 0 radical (unpaired) electrons. The highest BCUT2D eigenvalue weighted by Crippen LogP contribution is 2.59. The topological polar surface area (TPSA) is 125 Å². The number of likely N-dealkylation sites (tertiary alicyclic amines) is 1. The number of aliphatic hydroxyl groups excluding tert-OH is 1. The average Bonchev–Trinajstić information content (AvgIpc) is 3.67. The number of hydrogen-bond donors (Lipinski definition) is 2. The number of aliphatic hydroxyl groups is 1. The predicted molar refractivity (Wildman–Crippen MR) is 165 cm³/mol. The van der Waals surface area contributed by atoms with E-state index in [4.69, 9.17) is 9.47 Å². The van der Waals surface area contributed by atoms with Gasteiger partial charge in [-0.15, -0.1) is 13.2 Å². The van der Waals surface area contributed by atoms with Gasteiger partial charge >= 0.3 is 5.97 Å². The zero-order valence-corrected chi connectivity index (χ0v) is 25.8. The summed E-state index contributed by atoms with van der Waals surface area (Å²) >= 11 is 0. The fourth-order valence-electron chi connectivity index (χ4n) is 6.95. The number of amides is 3. The van der Waals surface area contributed by atoms with Gasteiger partial charge in [-0.05, 0) is 44.1 Å². The number of hydrogen-bond acceptors (Lipinski definition) is 7. The molecule has 3 aliphatic heterocycles. The molecule has 0 unspecified atom stereocenters. The van der Waals surface area contributed by atoms with Crippen molar-refractivity contribution in [3.63, 3.8) is 0 Å². The zero-order chi connectivity index (χ0) is 31.7. The largest absolute Gasteiger partial charge is 0.455 e. The quantitative estimate of drug-likeness (QED) is 0.149. The summed E-state index contributed by atoms with van der Waals surface area (Å²) in [6.07, 6.45) is 6.59. The number of ether oxygens (including phenoxy) is 2. The van der Waals surface area contributed by atoms with Crippen LogP contribution in [0.3, 0.4) is 0 Å². The lowest BCUT2D eigenvalue weighted by Crippen LogP contribution is -2.56. The Balaban J connectivity index is 1.61. The van der Waals surface area contributed by atoms with Crippen LogP contribution in [0.1, 0.15) is 70.0 Å². The number of benzene rings is 1. The Hall–Kier alpha value is -3.50. The number of carbonyl (C=O) groups excluding carboxylic acids is 4. The number of unbranched alkanes of at least 4 members (excludes halogenated alkanes) is 2. The van der Waals surface area contributed by atoms with Gasteiger partial charge in [0, 0.05) is 32.7 Å². The van der Waals surface area contributed by atoms with Gasteiger partial charge in [0.25, 0.3) is 0 Å². The van der Waals surface area contributed by atoms with Crippen molar-refractivity contribution in [2.24, 2.45) is 11.8 Å². The summed E-state index contributed by atoms with van der Waals surface area (Å²) in [7, 11) is 0. The first-order valence-electron chi connectivity index (χ1n) is 15.9. The number of rotatable bonds is 18. The Morgan fingerprint density at radius 3 is 2.66 bits per heavy atom. The molecule has 1 aromatic rings. The van der Waals surface area contributed by atoms with E-state index in [0.717, 1.165) is 18.4 Å². The Kier molecular flexibility index (Phi) is 11.7. The van der Waals surface area contributed by atoms with Crippen LogP contribution in [0.25, 0.3) is 0 Å². The van der Waals surface area contributed by atoms with Gasteiger partial charge in [-0.1, -0.05) is 55.8 Å². The summed E-state index contributed by atoms with van der Waals surface area (Å²) in [5.41, 5.74) is -0.412. The number of fused-ring (bicyclic) bond motifs is 1. The third-order valence-electron chi connectivity index (χ3n) is 9.05. The van der Waals surface area contributed by atoms with Crippen LogP contribution in [-0.4, -0.2) is 89.1 Å². The number of allylic oxidation sites excluding steroid dienone is 1. The summed E-state index contributed by atoms with van der Waals surface area (Å²) in [5.74, 6) is -2.96. The first-order valence-corrected chi connectivity index (χ1v) is 15.9. The molecule has 3 fully saturated rings. The van der Waals surface area contributed by atoms with Crippen LogP contribution in [0.15, 0.2) is 55.6 Å². The first kappa shape index (κ1) is 33.4. The van der Waals surface area contributed by atoms with E-state index >= 15 is 0 Å². The molecule has 3 heterocycles. The maximum Gasteiger partial charge on any atom is 0.313 e. The van der Waals surface area contributed by atoms with E-state index in [2.05, 4.69) is 25.4 Å². The van der Waals surface area contributed by atoms with Gasteiger partial charge in [-0.2, -0.15) is 0 Å². The number of esters is 1. The van der Waals surface area contributed by atoms with E-state index in [1.165, 1.54) is 0 Å². The van der Waals surface area contributed by atoms with E-state index in [-0.39, 0.29) is 43.8 Å². The molecule has 44 heavy (non-hydrogen) atoms. The van der Waals surface area contributed by atoms with E-state index in [1.54, 1.807) is 22.0 Å². The summed E-state index contributed by atoms with van der Waals surface area (Å²) in [6.45, 7) is 10.8. The number of nitrogens with one attached hydrogen (secondary N) is 1. The van der Waals surface area contributed by atoms with Crippen molar-refractivity contribution < 1.29 is 33.8 Å². The van der Waals surface area contributed by atoms with Crippen molar-refractivity contribution in [2.45, 2.75) is 82.1 Å². The third kappa shape index (κ3) is 6.91. The van der Waals surface area contributed by atoms with Crippen LogP contribution in [0.2, 0.25) is 0 Å². The lowest BCUT2D eigenvalue weighted by molar-refractivity contribution is -0.160. The standard InChI is InChI=1S/C34H47N3O7/c1-4-7-16-27(39)35-23-26(24-14-10-9-11-15-24)43-33(42)28-25-17-18-34(44-25)29(28)31(40)37(21-12-13-22-38)30(34)32(41)36(19-6-3)20-8-5-2/h4,6,9-11,14-15,25-26,28-30,38H,1,3,5,7-8,12-13,16-23H2,2H3,(H,35,39)/t25-,26+,28+,29+,30-,34+/m1/s1. The summed E-state index contributed by atoms with van der Waals surface area (Å²) in [6, 6.07) is 8.31. The van der Waals surface area contributed by atoms with Gasteiger partial charge in [0.2, 0.25) is 17.7 Å². The monoisotopic (exact) mass is 609 g/mol. The van der Waals surface area contributed by atoms with Crippen LogP contribution < -0.4 is 5.32 Å². The number of nitrogens with zero attached hydrogens (tertiary/aromatic N) is 2. The van der Waals surface area contributed by atoms with Crippen LogP contribution in [0.5, 0.6) is 0 Å². The van der Waals surface area contributed by atoms with E-state index in [9.17, 15) is 24.3 Å². The van der Waals surface area contributed by atoms with E-state index in [0.29, 0.717) is 45.2 Å². The zero-order valence-electron chi connectivity index (χ0n) is 25.8. The molecule has 3 aliphatic rings. The Labute approximate surface area is 260 Å². The smallest absolute Gasteiger partial charge is 0.313 e. The van der Waals surface area contributed by atoms with Gasteiger partial charge in [-0.3, -0.25) is 19.2 Å². The molecule has 10 nitrogen and oxygen atoms in total. The summed E-state index contributed by atoms with van der Waals surface area (Å²) in [5, 5.41) is 12.3. The molecular formula is C34H47N3O7. The van der Waals surface area contributed by atoms with Gasteiger partial charge < -0.3 is 29.7 Å². The Morgan fingerprint density at radius 1 is 1.20 bits per heavy atom. The molecule has 1 spiro atoms. The van der Waals surface area contributed by atoms with Gasteiger partial charge in [0.15, 0.2) is 0 Å². The molecule has 3 amide bonds. The van der Waals surface area contributed by atoms with Gasteiger partial charge in [-0.25, -0.2) is 0 Å². The second-order valence-corrected chi connectivity index (χ2v) is 11.9. The molecule has 0 saturated carbocycles. The van der Waals surface area contributed by atoms with Crippen LogP contribution in [-0.2, 0) is 28.7 Å². The van der Waals surface area contributed by atoms with Crippen molar-refractivity contribution in [2.75, 3.05) is 32.8 Å². The fourth-order valence-corrected chi connectivity index (χ4v) is 6.95. The Morgan fingerprint density at radius 2 is 1.98 bits per heavy atom. The lowest BCUT2D eigenvalue weighted by Gasteiger charge is -2.36. The third-order valence-corrected chi connectivity index (χ3v) is 9.05. The normalized spacial score (nSPS) is 25.8. The second-order valence-electron chi connectivity index (χ2n) is 11.9. The van der Waals surface area contributed by atoms with Crippen molar-refractivity contribution in [3.8, 4) is 0 Å². The fraction of sp³-hybridized carbons (Fsp3) is 0.588. The minimum absolute atomic E-state index is 0.0210. The molecule has 0 aliphatic carbocycles. The van der Waals surface area contributed by atoms with Crippen LogP contribution in [0.4, 0.5) is 0 Å². The van der Waals surface area contributed by atoms with Gasteiger partial charge in [0.05, 0.1) is 24.5 Å². The SMILES string of the molecule is C=CCCC(=O)NC[C@H](OC(=O)[C@@H]1[C@H]2C(=O)N(CCCCO)[C@H](C(=O)N(CC=C)CCCC)[C@]23CC[C@H]1O3)c1ccccc1. The highest BCUT2D eigenvalue weighted by atomic mass is 16.6.